The van der Waals surface area contributed by atoms with Crippen LogP contribution in [0.15, 0.2) is 66.7 Å². The molecule has 0 fully saturated rings. The van der Waals surface area contributed by atoms with Crippen LogP contribution in [0.4, 0.5) is 5.69 Å². The fourth-order valence-corrected chi connectivity index (χ4v) is 3.10. The number of esters is 1. The Balaban J connectivity index is 1.32. The van der Waals surface area contributed by atoms with E-state index in [9.17, 15) is 14.4 Å². The van der Waals surface area contributed by atoms with Crippen molar-refractivity contribution in [3.63, 3.8) is 0 Å². The number of carbonyl (C=O) groups is 3. The Morgan fingerprint density at radius 2 is 1.62 bits per heavy atom. The van der Waals surface area contributed by atoms with Crippen LogP contribution in [0, 0.1) is 0 Å². The molecule has 0 unspecified atom stereocenters. The molecule has 8 nitrogen and oxygen atoms in total. The second-order valence-corrected chi connectivity index (χ2v) is 7.02. The first-order valence-electron chi connectivity index (χ1n) is 9.84. The summed E-state index contributed by atoms with van der Waals surface area (Å²) in [4.78, 5) is 35.9. The van der Waals surface area contributed by atoms with E-state index < -0.39 is 5.97 Å². The molecule has 3 aromatic carbocycles. The van der Waals surface area contributed by atoms with Gasteiger partial charge < -0.3 is 24.8 Å². The largest absolute Gasteiger partial charge is 0.454 e. The Morgan fingerprint density at radius 1 is 0.875 bits per heavy atom. The van der Waals surface area contributed by atoms with Gasteiger partial charge in [-0.25, -0.2) is 0 Å². The van der Waals surface area contributed by atoms with E-state index in [1.807, 2.05) is 12.1 Å². The highest BCUT2D eigenvalue weighted by Crippen LogP contribution is 2.32. The fourth-order valence-electron chi connectivity index (χ4n) is 3.10. The molecule has 4 rings (SSSR count). The van der Waals surface area contributed by atoms with Crippen LogP contribution in [0.2, 0.25) is 0 Å². The van der Waals surface area contributed by atoms with Gasteiger partial charge >= 0.3 is 5.97 Å². The van der Waals surface area contributed by atoms with E-state index in [0.29, 0.717) is 40.6 Å². The van der Waals surface area contributed by atoms with Crippen molar-refractivity contribution in [1.82, 2.24) is 5.32 Å². The van der Waals surface area contributed by atoms with Gasteiger partial charge in [-0.1, -0.05) is 18.2 Å². The number of ether oxygens (including phenoxy) is 3. The molecule has 1 aliphatic rings. The highest BCUT2D eigenvalue weighted by molar-refractivity contribution is 6.04. The molecule has 0 aromatic heterocycles. The van der Waals surface area contributed by atoms with Crippen molar-refractivity contribution in [2.75, 3.05) is 12.1 Å². The van der Waals surface area contributed by atoms with Gasteiger partial charge in [0.05, 0.1) is 0 Å². The fraction of sp³-hybridized carbons (Fsp3) is 0.125. The van der Waals surface area contributed by atoms with Gasteiger partial charge in [0, 0.05) is 30.3 Å². The number of rotatable bonds is 6. The molecular weight excluding hydrogens is 412 g/mol. The van der Waals surface area contributed by atoms with Gasteiger partial charge in [0.1, 0.15) is 5.75 Å². The van der Waals surface area contributed by atoms with Crippen molar-refractivity contribution in [3.05, 3.63) is 83.4 Å². The van der Waals surface area contributed by atoms with Crippen LogP contribution in [0.25, 0.3) is 0 Å². The number of nitrogens with one attached hydrogen (secondary N) is 2. The maximum Gasteiger partial charge on any atom is 0.308 e. The lowest BCUT2D eigenvalue weighted by Gasteiger charge is -2.09. The lowest BCUT2D eigenvalue weighted by atomic mass is 10.1. The second kappa shape index (κ2) is 9.22. The van der Waals surface area contributed by atoms with E-state index in [2.05, 4.69) is 10.6 Å². The van der Waals surface area contributed by atoms with Crippen LogP contribution in [-0.2, 0) is 11.3 Å². The molecule has 32 heavy (non-hydrogen) atoms. The third kappa shape index (κ3) is 5.04. The molecule has 0 bridgehead atoms. The molecule has 0 atom stereocenters. The molecule has 162 valence electrons. The molecule has 1 aliphatic heterocycles. The van der Waals surface area contributed by atoms with Gasteiger partial charge in [-0.05, 0) is 54.1 Å². The monoisotopic (exact) mass is 432 g/mol. The number of amides is 2. The maximum atomic E-state index is 12.5. The van der Waals surface area contributed by atoms with Gasteiger partial charge in [-0.15, -0.1) is 0 Å². The van der Waals surface area contributed by atoms with Gasteiger partial charge in [-0.3, -0.25) is 14.4 Å². The second-order valence-electron chi connectivity index (χ2n) is 7.02. The lowest BCUT2D eigenvalue weighted by molar-refractivity contribution is -0.131. The summed E-state index contributed by atoms with van der Waals surface area (Å²) in [5.74, 6) is 0.465. The zero-order valence-electron chi connectivity index (χ0n) is 17.2. The van der Waals surface area contributed by atoms with Crippen LogP contribution >= 0.6 is 0 Å². The molecule has 8 heteroatoms. The number of hydrogen-bond donors (Lipinski definition) is 2. The van der Waals surface area contributed by atoms with Crippen molar-refractivity contribution in [3.8, 4) is 17.2 Å². The first-order chi connectivity index (χ1) is 15.5. The first-order valence-corrected chi connectivity index (χ1v) is 9.84. The minimum absolute atomic E-state index is 0.154. The average molecular weight is 432 g/mol. The highest BCUT2D eigenvalue weighted by Gasteiger charge is 2.16. The van der Waals surface area contributed by atoms with Crippen LogP contribution < -0.4 is 24.8 Å². The SMILES string of the molecule is CC(=O)Oc1cccc(C(=O)Nc2ccc(CNC(=O)c3ccc4c(c3)OCO4)cc2)c1. The van der Waals surface area contributed by atoms with Gasteiger partial charge in [0.25, 0.3) is 11.8 Å². The summed E-state index contributed by atoms with van der Waals surface area (Å²) < 4.78 is 15.5. The molecule has 1 heterocycles. The molecule has 0 saturated carbocycles. The number of fused-ring (bicyclic) bond motifs is 1. The molecule has 0 aliphatic carbocycles. The minimum Gasteiger partial charge on any atom is -0.454 e. The predicted octanol–water partition coefficient (Wildman–Crippen LogP) is 3.52. The first kappa shape index (κ1) is 20.9. The highest BCUT2D eigenvalue weighted by atomic mass is 16.7. The third-order valence-corrected chi connectivity index (χ3v) is 4.66. The average Bonchev–Trinajstić information content (AvgIpc) is 3.26. The molecule has 0 saturated heterocycles. The lowest BCUT2D eigenvalue weighted by Crippen LogP contribution is -2.22. The summed E-state index contributed by atoms with van der Waals surface area (Å²) in [5.41, 5.74) is 2.31. The molecular formula is C24H20N2O6. The smallest absolute Gasteiger partial charge is 0.308 e. The molecule has 3 aromatic rings. The van der Waals surface area contributed by atoms with Crippen molar-refractivity contribution in [1.29, 1.82) is 0 Å². The van der Waals surface area contributed by atoms with Crippen LogP contribution in [0.3, 0.4) is 0 Å². The summed E-state index contributed by atoms with van der Waals surface area (Å²) in [6.07, 6.45) is 0. The zero-order chi connectivity index (χ0) is 22.5. The van der Waals surface area contributed by atoms with E-state index in [1.54, 1.807) is 48.5 Å². The van der Waals surface area contributed by atoms with Gasteiger partial charge in [0.15, 0.2) is 11.5 Å². The van der Waals surface area contributed by atoms with Crippen LogP contribution in [0.5, 0.6) is 17.2 Å². The van der Waals surface area contributed by atoms with Crippen LogP contribution in [0.1, 0.15) is 33.2 Å². The molecule has 0 spiro atoms. The van der Waals surface area contributed by atoms with Gasteiger partial charge in [0.2, 0.25) is 6.79 Å². The van der Waals surface area contributed by atoms with Crippen molar-refractivity contribution >= 4 is 23.5 Å². The third-order valence-electron chi connectivity index (χ3n) is 4.66. The molecule has 0 radical (unpaired) electrons. The Labute approximate surface area is 184 Å². The normalized spacial score (nSPS) is 11.5. The predicted molar refractivity (Wildman–Crippen MR) is 116 cm³/mol. The topological polar surface area (TPSA) is 103 Å². The Kier molecular flexibility index (Phi) is 6.03. The Bertz CT molecular complexity index is 1170. The zero-order valence-corrected chi connectivity index (χ0v) is 17.2. The Morgan fingerprint density at radius 3 is 2.41 bits per heavy atom. The number of anilines is 1. The number of benzene rings is 3. The van der Waals surface area contributed by atoms with E-state index >= 15 is 0 Å². The summed E-state index contributed by atoms with van der Waals surface area (Å²) in [7, 11) is 0. The Hall–Kier alpha value is -4.33. The summed E-state index contributed by atoms with van der Waals surface area (Å²) in [6.45, 7) is 1.78. The number of carbonyl (C=O) groups excluding carboxylic acids is 3. The number of hydrogen-bond acceptors (Lipinski definition) is 6. The summed E-state index contributed by atoms with van der Waals surface area (Å²) >= 11 is 0. The molecule has 2 amide bonds. The van der Waals surface area contributed by atoms with E-state index in [-0.39, 0.29) is 18.6 Å². The van der Waals surface area contributed by atoms with Gasteiger partial charge in [-0.2, -0.15) is 0 Å². The molecule has 2 N–H and O–H groups in total. The quantitative estimate of drug-likeness (QED) is 0.456. The van der Waals surface area contributed by atoms with Crippen molar-refractivity contribution in [2.24, 2.45) is 0 Å². The van der Waals surface area contributed by atoms with E-state index in [4.69, 9.17) is 14.2 Å². The van der Waals surface area contributed by atoms with E-state index in [0.717, 1.165) is 5.56 Å². The summed E-state index contributed by atoms with van der Waals surface area (Å²) in [6, 6.07) is 18.5. The van der Waals surface area contributed by atoms with Crippen LogP contribution in [-0.4, -0.2) is 24.6 Å². The summed E-state index contributed by atoms with van der Waals surface area (Å²) in [5, 5.41) is 5.64. The van der Waals surface area contributed by atoms with E-state index in [1.165, 1.54) is 13.0 Å². The maximum absolute atomic E-state index is 12.5. The standard InChI is InChI=1S/C24H20N2O6/c1-15(27)32-20-4-2-3-17(11-20)24(29)26-19-8-5-16(6-9-19)13-25-23(28)18-7-10-21-22(12-18)31-14-30-21/h2-12H,13-14H2,1H3,(H,25,28)(H,26,29). The minimum atomic E-state index is -0.455. The van der Waals surface area contributed by atoms with Crippen molar-refractivity contribution in [2.45, 2.75) is 13.5 Å². The van der Waals surface area contributed by atoms with Crippen molar-refractivity contribution < 1.29 is 28.6 Å².